The number of anilines is 2. The normalized spacial score (nSPS) is 15.7. The zero-order valence-electron chi connectivity index (χ0n) is 18.8. The van der Waals surface area contributed by atoms with Gasteiger partial charge < -0.3 is 4.90 Å². The average Bonchev–Trinajstić information content (AvgIpc) is 3.32. The third-order valence-electron chi connectivity index (χ3n) is 6.22. The minimum atomic E-state index is -0.378. The molecule has 32 heavy (non-hydrogen) atoms. The number of aromatic amines is 1. The highest BCUT2D eigenvalue weighted by atomic mass is 35.5. The fourth-order valence-corrected chi connectivity index (χ4v) is 4.68. The number of H-pyrrole nitrogens is 1. The molecule has 6 nitrogen and oxygen atoms in total. The number of carbonyl (C=O) groups is 1. The maximum Gasteiger partial charge on any atom is 0.246 e. The predicted molar refractivity (Wildman–Crippen MR) is 128 cm³/mol. The zero-order chi connectivity index (χ0) is 22.7. The number of aryl methyl sites for hydroxylation is 1. The lowest BCUT2D eigenvalue weighted by molar-refractivity contribution is -0.134. The fraction of sp³-hybridized carbons (Fsp3) is 0.400. The van der Waals surface area contributed by atoms with Crippen LogP contribution < -0.4 is 4.90 Å². The standard InChI is InChI=1S/C25H30ClN5O/c1-17(2)23(31(25-27-16-28-29-25)22-6-4-5-18(3)15-22)24(32)30-13-11-20(12-14-30)19-7-9-21(26)10-8-19/h4-10,15-17,20,23H,11-14H2,1-3H3,(H,27,28,29). The van der Waals surface area contributed by atoms with Crippen LogP contribution in [-0.4, -0.2) is 45.1 Å². The van der Waals surface area contributed by atoms with Crippen molar-refractivity contribution in [3.8, 4) is 0 Å². The quantitative estimate of drug-likeness (QED) is 0.549. The molecule has 1 N–H and O–H groups in total. The van der Waals surface area contributed by atoms with Crippen LogP contribution in [0.4, 0.5) is 11.6 Å². The first-order chi connectivity index (χ1) is 15.4. The smallest absolute Gasteiger partial charge is 0.246 e. The van der Waals surface area contributed by atoms with Gasteiger partial charge in [-0.15, -0.1) is 0 Å². The van der Waals surface area contributed by atoms with E-state index in [2.05, 4.69) is 60.2 Å². The van der Waals surface area contributed by atoms with Gasteiger partial charge in [0.1, 0.15) is 12.4 Å². The summed E-state index contributed by atoms with van der Waals surface area (Å²) in [5.41, 5.74) is 3.36. The lowest BCUT2D eigenvalue weighted by Gasteiger charge is -2.39. The van der Waals surface area contributed by atoms with E-state index in [1.165, 1.54) is 11.9 Å². The van der Waals surface area contributed by atoms with Crippen molar-refractivity contribution in [1.29, 1.82) is 0 Å². The Labute approximate surface area is 194 Å². The summed E-state index contributed by atoms with van der Waals surface area (Å²) >= 11 is 6.04. The number of carbonyl (C=O) groups excluding carboxylic acids is 1. The molecule has 1 aliphatic rings. The number of likely N-dealkylation sites (tertiary alicyclic amines) is 1. The average molecular weight is 452 g/mol. The summed E-state index contributed by atoms with van der Waals surface area (Å²) < 4.78 is 0. The van der Waals surface area contributed by atoms with E-state index in [0.29, 0.717) is 11.9 Å². The summed E-state index contributed by atoms with van der Waals surface area (Å²) in [5, 5.41) is 7.76. The summed E-state index contributed by atoms with van der Waals surface area (Å²) in [6.45, 7) is 7.71. The van der Waals surface area contributed by atoms with Crippen LogP contribution in [-0.2, 0) is 4.79 Å². The molecule has 7 heteroatoms. The second kappa shape index (κ2) is 9.74. The summed E-state index contributed by atoms with van der Waals surface area (Å²) in [7, 11) is 0. The lowest BCUT2D eigenvalue weighted by atomic mass is 9.88. The van der Waals surface area contributed by atoms with Crippen molar-refractivity contribution in [3.05, 3.63) is 71.0 Å². The van der Waals surface area contributed by atoms with E-state index < -0.39 is 0 Å². The van der Waals surface area contributed by atoms with E-state index in [0.717, 1.165) is 42.2 Å². The Kier molecular flexibility index (Phi) is 6.80. The largest absolute Gasteiger partial charge is 0.341 e. The van der Waals surface area contributed by atoms with Gasteiger partial charge >= 0.3 is 0 Å². The number of amides is 1. The molecule has 0 aliphatic carbocycles. The third-order valence-corrected chi connectivity index (χ3v) is 6.47. The molecule has 2 aromatic carbocycles. The van der Waals surface area contributed by atoms with Crippen LogP contribution in [0.1, 0.15) is 43.7 Å². The molecule has 0 saturated carbocycles. The van der Waals surface area contributed by atoms with Crippen LogP contribution in [0.5, 0.6) is 0 Å². The van der Waals surface area contributed by atoms with Crippen molar-refractivity contribution < 1.29 is 4.79 Å². The van der Waals surface area contributed by atoms with Crippen molar-refractivity contribution in [2.75, 3.05) is 18.0 Å². The van der Waals surface area contributed by atoms with Gasteiger partial charge in [-0.05, 0) is 67.0 Å². The van der Waals surface area contributed by atoms with Crippen LogP contribution >= 0.6 is 11.6 Å². The lowest BCUT2D eigenvalue weighted by Crippen LogP contribution is -2.52. The first-order valence-corrected chi connectivity index (χ1v) is 11.6. The Hall–Kier alpha value is -2.86. The highest BCUT2D eigenvalue weighted by Gasteiger charge is 2.36. The fourth-order valence-electron chi connectivity index (χ4n) is 4.56. The van der Waals surface area contributed by atoms with Gasteiger partial charge in [-0.3, -0.25) is 9.69 Å². The molecule has 1 aliphatic heterocycles. The zero-order valence-corrected chi connectivity index (χ0v) is 19.6. The van der Waals surface area contributed by atoms with Crippen LogP contribution in [0, 0.1) is 12.8 Å². The Morgan fingerprint density at radius 1 is 1.16 bits per heavy atom. The van der Waals surface area contributed by atoms with Gasteiger partial charge in [-0.1, -0.05) is 49.7 Å². The molecule has 1 atom stereocenters. The second-order valence-electron chi connectivity index (χ2n) is 8.86. The molecule has 1 unspecified atom stereocenters. The minimum Gasteiger partial charge on any atom is -0.341 e. The number of piperidine rings is 1. The van der Waals surface area contributed by atoms with Gasteiger partial charge in [-0.2, -0.15) is 10.1 Å². The first kappa shape index (κ1) is 22.3. The number of benzene rings is 2. The number of nitrogens with zero attached hydrogens (tertiary/aromatic N) is 4. The SMILES string of the molecule is Cc1cccc(N(c2ncn[nH]2)C(C(=O)N2CCC(c3ccc(Cl)cc3)CC2)C(C)C)c1. The molecular weight excluding hydrogens is 422 g/mol. The van der Waals surface area contributed by atoms with Gasteiger partial charge in [0.25, 0.3) is 0 Å². The molecule has 168 valence electrons. The van der Waals surface area contributed by atoms with Gasteiger partial charge in [0.15, 0.2) is 0 Å². The first-order valence-electron chi connectivity index (χ1n) is 11.2. The van der Waals surface area contributed by atoms with Gasteiger partial charge in [0, 0.05) is 23.8 Å². The number of aromatic nitrogens is 3. The highest BCUT2D eigenvalue weighted by molar-refractivity contribution is 6.30. The van der Waals surface area contributed by atoms with E-state index in [1.54, 1.807) is 0 Å². The van der Waals surface area contributed by atoms with E-state index in [9.17, 15) is 4.79 Å². The molecule has 1 amide bonds. The summed E-state index contributed by atoms with van der Waals surface area (Å²) in [6, 6.07) is 15.9. The maximum atomic E-state index is 13.8. The summed E-state index contributed by atoms with van der Waals surface area (Å²) in [6.07, 6.45) is 3.38. The minimum absolute atomic E-state index is 0.0853. The Bertz CT molecular complexity index is 1030. The van der Waals surface area contributed by atoms with Crippen molar-refractivity contribution in [1.82, 2.24) is 20.1 Å². The Balaban J connectivity index is 1.56. The van der Waals surface area contributed by atoms with Crippen LogP contribution in [0.2, 0.25) is 5.02 Å². The van der Waals surface area contributed by atoms with E-state index >= 15 is 0 Å². The summed E-state index contributed by atoms with van der Waals surface area (Å²) in [5.74, 6) is 1.25. The Morgan fingerprint density at radius 3 is 2.47 bits per heavy atom. The van der Waals surface area contributed by atoms with Crippen molar-refractivity contribution >= 4 is 29.1 Å². The summed E-state index contributed by atoms with van der Waals surface area (Å²) in [4.78, 5) is 22.2. The number of hydrogen-bond donors (Lipinski definition) is 1. The second-order valence-corrected chi connectivity index (χ2v) is 9.29. The number of rotatable bonds is 6. The highest BCUT2D eigenvalue weighted by Crippen LogP contribution is 2.33. The van der Waals surface area contributed by atoms with Crippen LogP contribution in [0.25, 0.3) is 0 Å². The van der Waals surface area contributed by atoms with E-state index in [4.69, 9.17) is 11.6 Å². The molecule has 0 radical (unpaired) electrons. The van der Waals surface area contributed by atoms with Gasteiger partial charge in [0.05, 0.1) is 0 Å². The van der Waals surface area contributed by atoms with E-state index in [-0.39, 0.29) is 17.9 Å². The van der Waals surface area contributed by atoms with E-state index in [1.807, 2.05) is 34.1 Å². The van der Waals surface area contributed by atoms with Gasteiger partial charge in [-0.25, -0.2) is 5.10 Å². The number of halogens is 1. The molecular formula is C25H30ClN5O. The molecule has 2 heterocycles. The van der Waals surface area contributed by atoms with Crippen molar-refractivity contribution in [2.24, 2.45) is 5.92 Å². The Morgan fingerprint density at radius 2 is 1.88 bits per heavy atom. The predicted octanol–water partition coefficient (Wildman–Crippen LogP) is 5.34. The number of nitrogens with one attached hydrogen (secondary N) is 1. The topological polar surface area (TPSA) is 65.1 Å². The molecule has 0 spiro atoms. The number of hydrogen-bond acceptors (Lipinski definition) is 4. The monoisotopic (exact) mass is 451 g/mol. The molecule has 1 fully saturated rings. The van der Waals surface area contributed by atoms with Crippen LogP contribution in [0.15, 0.2) is 54.9 Å². The third kappa shape index (κ3) is 4.80. The molecule has 1 saturated heterocycles. The maximum absolute atomic E-state index is 13.8. The van der Waals surface area contributed by atoms with Crippen LogP contribution in [0.3, 0.4) is 0 Å². The van der Waals surface area contributed by atoms with Gasteiger partial charge in [0.2, 0.25) is 11.9 Å². The molecule has 0 bridgehead atoms. The molecule has 1 aromatic heterocycles. The van der Waals surface area contributed by atoms with Crippen molar-refractivity contribution in [2.45, 2.75) is 45.6 Å². The molecule has 3 aromatic rings. The van der Waals surface area contributed by atoms with Crippen molar-refractivity contribution in [3.63, 3.8) is 0 Å². The molecule has 4 rings (SSSR count).